The number of thiophene rings is 1. The van der Waals surface area contributed by atoms with Gasteiger partial charge in [-0.3, -0.25) is 4.90 Å². The molecule has 0 radical (unpaired) electrons. The Hall–Kier alpha value is -0.680. The van der Waals surface area contributed by atoms with Crippen molar-refractivity contribution in [2.45, 2.75) is 32.0 Å². The van der Waals surface area contributed by atoms with Crippen molar-refractivity contribution in [2.75, 3.05) is 13.1 Å². The number of halogens is 1. The van der Waals surface area contributed by atoms with E-state index in [0.29, 0.717) is 12.1 Å². The van der Waals surface area contributed by atoms with Gasteiger partial charge < -0.3 is 5.32 Å². The van der Waals surface area contributed by atoms with Crippen LogP contribution >= 0.6 is 27.3 Å². The van der Waals surface area contributed by atoms with Gasteiger partial charge in [-0.05, 0) is 46.3 Å². The van der Waals surface area contributed by atoms with Gasteiger partial charge in [-0.1, -0.05) is 30.3 Å². The first-order valence-electron chi connectivity index (χ1n) is 7.45. The highest BCUT2D eigenvalue weighted by molar-refractivity contribution is 9.10. The van der Waals surface area contributed by atoms with Crippen molar-refractivity contribution in [3.63, 3.8) is 0 Å². The Morgan fingerprint density at radius 3 is 2.81 bits per heavy atom. The second-order valence-corrected chi connectivity index (χ2v) is 7.62. The van der Waals surface area contributed by atoms with Gasteiger partial charge in [-0.2, -0.15) is 0 Å². The van der Waals surface area contributed by atoms with Crippen LogP contribution < -0.4 is 5.32 Å². The number of hydrogen-bond acceptors (Lipinski definition) is 3. The number of nitrogens with one attached hydrogen (secondary N) is 1. The summed E-state index contributed by atoms with van der Waals surface area (Å²) in [4.78, 5) is 4.03. The van der Waals surface area contributed by atoms with Crippen LogP contribution in [0.3, 0.4) is 0 Å². The monoisotopic (exact) mass is 364 g/mol. The predicted octanol–water partition coefficient (Wildman–Crippen LogP) is 3.92. The lowest BCUT2D eigenvalue weighted by Gasteiger charge is -2.38. The number of benzene rings is 1. The summed E-state index contributed by atoms with van der Waals surface area (Å²) >= 11 is 5.49. The molecule has 1 aromatic carbocycles. The molecule has 2 heterocycles. The van der Waals surface area contributed by atoms with E-state index in [1.54, 1.807) is 0 Å². The molecule has 1 aliphatic rings. The third kappa shape index (κ3) is 3.95. The largest absolute Gasteiger partial charge is 0.311 e. The average molecular weight is 365 g/mol. The van der Waals surface area contributed by atoms with Crippen LogP contribution in [-0.4, -0.2) is 30.1 Å². The summed E-state index contributed by atoms with van der Waals surface area (Å²) in [6.07, 6.45) is 1.11. The van der Waals surface area contributed by atoms with Crippen molar-refractivity contribution in [1.29, 1.82) is 0 Å². The van der Waals surface area contributed by atoms with Gasteiger partial charge in [0.25, 0.3) is 0 Å². The Bertz CT molecular complexity index is 569. The van der Waals surface area contributed by atoms with Gasteiger partial charge in [0.05, 0.1) is 0 Å². The van der Waals surface area contributed by atoms with Gasteiger partial charge >= 0.3 is 0 Å². The minimum absolute atomic E-state index is 0.544. The molecule has 2 nitrogen and oxygen atoms in total. The summed E-state index contributed by atoms with van der Waals surface area (Å²) in [5, 5.41) is 5.85. The Kier molecular flexibility index (Phi) is 5.11. The first kappa shape index (κ1) is 15.2. The molecule has 2 unspecified atom stereocenters. The highest BCUT2D eigenvalue weighted by Gasteiger charge is 2.25. The zero-order chi connectivity index (χ0) is 14.7. The second-order valence-electron chi connectivity index (χ2n) is 5.77. The molecular weight excluding hydrogens is 344 g/mol. The fourth-order valence-electron chi connectivity index (χ4n) is 2.87. The topological polar surface area (TPSA) is 15.3 Å². The predicted molar refractivity (Wildman–Crippen MR) is 93.8 cm³/mol. The molecule has 0 saturated carbocycles. The number of piperazine rings is 1. The molecule has 0 bridgehead atoms. The van der Waals surface area contributed by atoms with Gasteiger partial charge in [-0.25, -0.2) is 0 Å². The van der Waals surface area contributed by atoms with Crippen LogP contribution in [0.15, 0.2) is 46.3 Å². The van der Waals surface area contributed by atoms with E-state index in [1.807, 2.05) is 11.3 Å². The molecule has 3 rings (SSSR count). The van der Waals surface area contributed by atoms with Crippen LogP contribution in [0.2, 0.25) is 0 Å². The van der Waals surface area contributed by atoms with Crippen molar-refractivity contribution in [3.05, 3.63) is 56.7 Å². The SMILES string of the molecule is CC1CNC(Cc2ccccc2)CN1Cc1sccc1Br. The average Bonchev–Trinajstić information content (AvgIpc) is 2.89. The second kappa shape index (κ2) is 7.05. The van der Waals surface area contributed by atoms with Gasteiger partial charge in [0.1, 0.15) is 0 Å². The van der Waals surface area contributed by atoms with E-state index in [0.717, 1.165) is 26.1 Å². The maximum atomic E-state index is 3.69. The Morgan fingerprint density at radius 2 is 2.10 bits per heavy atom. The Morgan fingerprint density at radius 1 is 1.29 bits per heavy atom. The van der Waals surface area contributed by atoms with E-state index in [2.05, 4.69) is 74.8 Å². The summed E-state index contributed by atoms with van der Waals surface area (Å²) in [5.74, 6) is 0. The van der Waals surface area contributed by atoms with E-state index in [4.69, 9.17) is 0 Å². The summed E-state index contributed by atoms with van der Waals surface area (Å²) < 4.78 is 1.25. The fourth-order valence-corrected chi connectivity index (χ4v) is 4.37. The van der Waals surface area contributed by atoms with Gasteiger partial charge in [-0.15, -0.1) is 11.3 Å². The smallest absolute Gasteiger partial charge is 0.0343 e. The maximum Gasteiger partial charge on any atom is 0.0343 e. The van der Waals surface area contributed by atoms with Crippen molar-refractivity contribution in [2.24, 2.45) is 0 Å². The number of nitrogens with zero attached hydrogens (tertiary/aromatic N) is 1. The highest BCUT2D eigenvalue weighted by Crippen LogP contribution is 2.25. The number of rotatable bonds is 4. The lowest BCUT2D eigenvalue weighted by atomic mass is 10.0. The molecule has 4 heteroatoms. The zero-order valence-corrected chi connectivity index (χ0v) is 14.7. The standard InChI is InChI=1S/C17H21BrN2S/c1-13-10-19-15(9-14-5-3-2-4-6-14)11-20(13)12-17-16(18)7-8-21-17/h2-8,13,15,19H,9-12H2,1H3. The zero-order valence-electron chi connectivity index (χ0n) is 12.3. The highest BCUT2D eigenvalue weighted by atomic mass is 79.9. The summed E-state index contributed by atoms with van der Waals surface area (Å²) in [7, 11) is 0. The van der Waals surface area contributed by atoms with E-state index in [-0.39, 0.29) is 0 Å². The molecule has 2 aromatic rings. The summed E-state index contributed by atoms with van der Waals surface area (Å²) in [6, 6.07) is 14.1. The molecule has 1 aliphatic heterocycles. The van der Waals surface area contributed by atoms with Gasteiger partial charge in [0, 0.05) is 41.1 Å². The third-order valence-corrected chi connectivity index (χ3v) is 6.05. The molecule has 0 aliphatic carbocycles. The molecule has 1 fully saturated rings. The van der Waals surface area contributed by atoms with Crippen LogP contribution in [0, 0.1) is 0 Å². The molecule has 1 aromatic heterocycles. The van der Waals surface area contributed by atoms with Gasteiger partial charge in [0.2, 0.25) is 0 Å². The van der Waals surface area contributed by atoms with Crippen molar-refractivity contribution < 1.29 is 0 Å². The van der Waals surface area contributed by atoms with Crippen LogP contribution in [0.5, 0.6) is 0 Å². The van der Waals surface area contributed by atoms with E-state index >= 15 is 0 Å². The van der Waals surface area contributed by atoms with Gasteiger partial charge in [0.15, 0.2) is 0 Å². The minimum Gasteiger partial charge on any atom is -0.311 e. The molecule has 1 saturated heterocycles. The van der Waals surface area contributed by atoms with Crippen LogP contribution in [-0.2, 0) is 13.0 Å². The maximum absolute atomic E-state index is 3.69. The normalized spacial score (nSPS) is 23.3. The van der Waals surface area contributed by atoms with Crippen molar-refractivity contribution in [1.82, 2.24) is 10.2 Å². The number of hydrogen-bond donors (Lipinski definition) is 1. The minimum atomic E-state index is 0.544. The van der Waals surface area contributed by atoms with E-state index in [9.17, 15) is 0 Å². The molecule has 112 valence electrons. The van der Waals surface area contributed by atoms with E-state index in [1.165, 1.54) is 14.9 Å². The van der Waals surface area contributed by atoms with Crippen LogP contribution in [0.4, 0.5) is 0 Å². The van der Waals surface area contributed by atoms with Crippen molar-refractivity contribution >= 4 is 27.3 Å². The van der Waals surface area contributed by atoms with Crippen molar-refractivity contribution in [3.8, 4) is 0 Å². The Balaban J connectivity index is 1.63. The first-order chi connectivity index (χ1) is 10.2. The molecule has 1 N–H and O–H groups in total. The lowest BCUT2D eigenvalue weighted by molar-refractivity contribution is 0.134. The Labute approximate surface area is 139 Å². The lowest BCUT2D eigenvalue weighted by Crippen LogP contribution is -2.55. The first-order valence-corrected chi connectivity index (χ1v) is 9.13. The molecular formula is C17H21BrN2S. The summed E-state index contributed by atoms with van der Waals surface area (Å²) in [5.41, 5.74) is 1.42. The molecule has 0 amide bonds. The third-order valence-electron chi connectivity index (χ3n) is 4.14. The molecule has 0 spiro atoms. The molecule has 2 atom stereocenters. The van der Waals surface area contributed by atoms with E-state index < -0.39 is 0 Å². The van der Waals surface area contributed by atoms with Crippen LogP contribution in [0.1, 0.15) is 17.4 Å². The summed E-state index contributed by atoms with van der Waals surface area (Å²) in [6.45, 7) is 5.54. The van der Waals surface area contributed by atoms with Crippen LogP contribution in [0.25, 0.3) is 0 Å². The fraction of sp³-hybridized carbons (Fsp3) is 0.412. The molecule has 21 heavy (non-hydrogen) atoms. The quantitative estimate of drug-likeness (QED) is 0.884.